The lowest BCUT2D eigenvalue weighted by Crippen LogP contribution is -2.21. The Balaban J connectivity index is 2.66. The summed E-state index contributed by atoms with van der Waals surface area (Å²) in [4.78, 5) is 0. The molecule has 1 aromatic carbocycles. The van der Waals surface area contributed by atoms with Gasteiger partial charge in [0.2, 0.25) is 0 Å². The predicted octanol–water partition coefficient (Wildman–Crippen LogP) is 3.34. The molecule has 4 heteroatoms. The number of rotatable bonds is 8. The van der Waals surface area contributed by atoms with Crippen LogP contribution in [0.3, 0.4) is 0 Å². The van der Waals surface area contributed by atoms with E-state index >= 15 is 0 Å². The maximum Gasteiger partial charge on any atom is 0.138 e. The molecule has 0 saturated heterocycles. The lowest BCUT2D eigenvalue weighted by Gasteiger charge is -2.16. The van der Waals surface area contributed by atoms with Gasteiger partial charge < -0.3 is 15.2 Å². The highest BCUT2D eigenvalue weighted by molar-refractivity contribution is 9.10. The van der Waals surface area contributed by atoms with Crippen molar-refractivity contribution >= 4 is 15.9 Å². The Labute approximate surface area is 124 Å². The molecule has 2 N–H and O–H groups in total. The van der Waals surface area contributed by atoms with Crippen molar-refractivity contribution in [1.82, 2.24) is 5.32 Å². The third-order valence-electron chi connectivity index (χ3n) is 2.81. The number of nitrogens with one attached hydrogen (secondary N) is 1. The summed E-state index contributed by atoms with van der Waals surface area (Å²) in [7, 11) is 0. The van der Waals surface area contributed by atoms with Crippen LogP contribution in [0.2, 0.25) is 0 Å². The third-order valence-corrected chi connectivity index (χ3v) is 3.43. The lowest BCUT2D eigenvalue weighted by molar-refractivity contribution is 0.103. The molecule has 0 aliphatic carbocycles. The van der Waals surface area contributed by atoms with Gasteiger partial charge in [-0.15, -0.1) is 0 Å². The second-order valence-electron chi connectivity index (χ2n) is 5.13. The Hall–Kier alpha value is -0.580. The van der Waals surface area contributed by atoms with E-state index < -0.39 is 6.10 Å². The van der Waals surface area contributed by atoms with Crippen molar-refractivity contribution in [2.24, 2.45) is 5.92 Å². The van der Waals surface area contributed by atoms with Crippen molar-refractivity contribution in [1.29, 1.82) is 0 Å². The molecule has 0 aliphatic rings. The van der Waals surface area contributed by atoms with E-state index in [-0.39, 0.29) is 0 Å². The van der Waals surface area contributed by atoms with Crippen LogP contribution < -0.4 is 10.1 Å². The van der Waals surface area contributed by atoms with Gasteiger partial charge in [0, 0.05) is 12.1 Å². The van der Waals surface area contributed by atoms with Gasteiger partial charge in [0.25, 0.3) is 0 Å². The zero-order chi connectivity index (χ0) is 14.3. The molecule has 1 rings (SSSR count). The second kappa shape index (κ2) is 8.56. The molecule has 0 aliphatic heterocycles. The van der Waals surface area contributed by atoms with Crippen LogP contribution >= 0.6 is 15.9 Å². The largest absolute Gasteiger partial charge is 0.489 e. The minimum atomic E-state index is -0.413. The van der Waals surface area contributed by atoms with Crippen LogP contribution in [0, 0.1) is 5.92 Å². The van der Waals surface area contributed by atoms with E-state index in [2.05, 4.69) is 35.1 Å². The Morgan fingerprint density at radius 2 is 2.11 bits per heavy atom. The second-order valence-corrected chi connectivity index (χ2v) is 5.98. The average Bonchev–Trinajstić information content (AvgIpc) is 2.37. The summed E-state index contributed by atoms with van der Waals surface area (Å²) in [6.45, 7) is 8.39. The Morgan fingerprint density at radius 3 is 2.74 bits per heavy atom. The van der Waals surface area contributed by atoms with Crippen molar-refractivity contribution < 1.29 is 9.84 Å². The van der Waals surface area contributed by atoms with Crippen LogP contribution in [0.1, 0.15) is 32.8 Å². The number of para-hydroxylation sites is 1. The standard InChI is InChI=1S/C15H24BrNO2/c1-4-13(18)10-19-15-12(6-5-7-14(15)16)9-17-8-11(2)3/h5-7,11,13,17-18H,4,8-10H2,1-3H3. The monoisotopic (exact) mass is 329 g/mol. The molecule has 3 nitrogen and oxygen atoms in total. The summed E-state index contributed by atoms with van der Waals surface area (Å²) in [5.74, 6) is 1.45. The van der Waals surface area contributed by atoms with E-state index in [1.165, 1.54) is 0 Å². The van der Waals surface area contributed by atoms with Crippen LogP contribution in [0.15, 0.2) is 22.7 Å². The molecule has 0 bridgehead atoms. The Morgan fingerprint density at radius 1 is 1.37 bits per heavy atom. The first kappa shape index (κ1) is 16.5. The van der Waals surface area contributed by atoms with Gasteiger partial charge in [-0.05, 0) is 40.9 Å². The van der Waals surface area contributed by atoms with E-state index in [0.29, 0.717) is 18.9 Å². The quantitative estimate of drug-likeness (QED) is 0.768. The summed E-state index contributed by atoms with van der Waals surface area (Å²) in [6.07, 6.45) is 0.286. The maximum absolute atomic E-state index is 9.59. The normalized spacial score (nSPS) is 12.7. The van der Waals surface area contributed by atoms with Gasteiger partial charge in [0.05, 0.1) is 10.6 Å². The summed E-state index contributed by atoms with van der Waals surface area (Å²) in [5.41, 5.74) is 1.11. The van der Waals surface area contributed by atoms with Crippen LogP contribution in [0.4, 0.5) is 0 Å². The fourth-order valence-corrected chi connectivity index (χ4v) is 2.17. The molecular weight excluding hydrogens is 306 g/mol. The molecule has 1 unspecified atom stereocenters. The highest BCUT2D eigenvalue weighted by Gasteiger charge is 2.10. The topological polar surface area (TPSA) is 41.5 Å². The van der Waals surface area contributed by atoms with E-state index in [4.69, 9.17) is 4.74 Å². The average molecular weight is 330 g/mol. The van der Waals surface area contributed by atoms with Gasteiger partial charge in [-0.1, -0.05) is 32.9 Å². The van der Waals surface area contributed by atoms with Gasteiger partial charge in [-0.3, -0.25) is 0 Å². The van der Waals surface area contributed by atoms with E-state index in [9.17, 15) is 5.11 Å². The van der Waals surface area contributed by atoms with Crippen molar-refractivity contribution in [3.05, 3.63) is 28.2 Å². The zero-order valence-electron chi connectivity index (χ0n) is 11.9. The highest BCUT2D eigenvalue weighted by atomic mass is 79.9. The van der Waals surface area contributed by atoms with Crippen molar-refractivity contribution in [3.8, 4) is 5.75 Å². The zero-order valence-corrected chi connectivity index (χ0v) is 13.5. The van der Waals surface area contributed by atoms with Gasteiger partial charge >= 0.3 is 0 Å². The Bertz CT molecular complexity index is 382. The molecule has 0 amide bonds. The minimum absolute atomic E-state index is 0.330. The molecule has 0 fully saturated rings. The molecular formula is C15H24BrNO2. The smallest absolute Gasteiger partial charge is 0.138 e. The first-order chi connectivity index (χ1) is 9.04. The predicted molar refractivity (Wildman–Crippen MR) is 82.5 cm³/mol. The molecule has 1 atom stereocenters. The molecule has 0 aromatic heterocycles. The van der Waals surface area contributed by atoms with E-state index in [1.807, 2.05) is 25.1 Å². The Kier molecular flexibility index (Phi) is 7.42. The summed E-state index contributed by atoms with van der Waals surface area (Å²) >= 11 is 3.51. The number of benzene rings is 1. The fourth-order valence-electron chi connectivity index (χ4n) is 1.65. The van der Waals surface area contributed by atoms with Crippen molar-refractivity contribution in [2.75, 3.05) is 13.2 Å². The number of hydrogen-bond donors (Lipinski definition) is 2. The summed E-state index contributed by atoms with van der Waals surface area (Å²) in [5, 5.41) is 13.0. The number of hydrogen-bond acceptors (Lipinski definition) is 3. The van der Waals surface area contributed by atoms with Gasteiger partial charge in [0.15, 0.2) is 0 Å². The molecule has 0 radical (unpaired) electrons. The number of ether oxygens (including phenoxy) is 1. The highest BCUT2D eigenvalue weighted by Crippen LogP contribution is 2.29. The van der Waals surface area contributed by atoms with Gasteiger partial charge in [-0.25, -0.2) is 0 Å². The molecule has 0 heterocycles. The van der Waals surface area contributed by atoms with Gasteiger partial charge in [0.1, 0.15) is 12.4 Å². The minimum Gasteiger partial charge on any atom is -0.489 e. The number of halogens is 1. The van der Waals surface area contributed by atoms with Crippen molar-refractivity contribution in [2.45, 2.75) is 39.8 Å². The number of aliphatic hydroxyl groups excluding tert-OH is 1. The van der Waals surface area contributed by atoms with E-state index in [1.54, 1.807) is 0 Å². The molecule has 0 saturated carbocycles. The number of aliphatic hydroxyl groups is 1. The SMILES string of the molecule is CCC(O)COc1c(Br)cccc1CNCC(C)C. The summed E-state index contributed by atoms with van der Waals surface area (Å²) in [6, 6.07) is 6.00. The molecule has 19 heavy (non-hydrogen) atoms. The molecule has 108 valence electrons. The van der Waals surface area contributed by atoms with Gasteiger partial charge in [-0.2, -0.15) is 0 Å². The van der Waals surface area contributed by atoms with Crippen LogP contribution in [-0.2, 0) is 6.54 Å². The molecule has 1 aromatic rings. The summed E-state index contributed by atoms with van der Waals surface area (Å²) < 4.78 is 6.67. The third kappa shape index (κ3) is 5.93. The van der Waals surface area contributed by atoms with Crippen LogP contribution in [-0.4, -0.2) is 24.4 Å². The first-order valence-corrected chi connectivity index (χ1v) is 7.62. The fraction of sp³-hybridized carbons (Fsp3) is 0.600. The van der Waals surface area contributed by atoms with Crippen LogP contribution in [0.25, 0.3) is 0 Å². The maximum atomic E-state index is 9.59. The molecule has 0 spiro atoms. The van der Waals surface area contributed by atoms with Crippen molar-refractivity contribution in [3.63, 3.8) is 0 Å². The first-order valence-electron chi connectivity index (χ1n) is 6.83. The van der Waals surface area contributed by atoms with E-state index in [0.717, 1.165) is 28.9 Å². The lowest BCUT2D eigenvalue weighted by atomic mass is 10.1. The van der Waals surface area contributed by atoms with Crippen LogP contribution in [0.5, 0.6) is 5.75 Å².